The fraction of sp³-hybridized carbons (Fsp3) is 0.600. The molecule has 0 saturated carbocycles. The van der Waals surface area contributed by atoms with Gasteiger partial charge in [0.25, 0.3) is 0 Å². The highest BCUT2D eigenvalue weighted by molar-refractivity contribution is 5.93. The monoisotopic (exact) mass is 433 g/mol. The minimum absolute atomic E-state index is 0.349. The summed E-state index contributed by atoms with van der Waals surface area (Å²) in [5.74, 6) is -4.39. The maximum atomic E-state index is 11.8. The molecule has 0 unspecified atom stereocenters. The van der Waals surface area contributed by atoms with Crippen molar-refractivity contribution in [3.05, 3.63) is 0 Å². The molecule has 15 nitrogen and oxygen atoms in total. The van der Waals surface area contributed by atoms with E-state index in [4.69, 9.17) is 10.8 Å². The van der Waals surface area contributed by atoms with Gasteiger partial charge in [0, 0.05) is 7.05 Å². The van der Waals surface area contributed by atoms with Gasteiger partial charge in [-0.3, -0.25) is 28.8 Å². The molecule has 0 aliphatic heterocycles. The van der Waals surface area contributed by atoms with E-state index in [2.05, 4.69) is 31.9 Å². The van der Waals surface area contributed by atoms with E-state index < -0.39 is 80.4 Å². The van der Waals surface area contributed by atoms with E-state index >= 15 is 0 Å². The van der Waals surface area contributed by atoms with E-state index in [1.807, 2.05) is 0 Å². The molecule has 0 radical (unpaired) electrons. The van der Waals surface area contributed by atoms with Crippen LogP contribution in [0.3, 0.4) is 0 Å². The lowest BCUT2D eigenvalue weighted by molar-refractivity contribution is -0.132. The maximum Gasteiger partial charge on any atom is 0.245 e. The summed E-state index contributed by atoms with van der Waals surface area (Å²) in [7, 11) is 1.37. The third kappa shape index (κ3) is 10.9. The zero-order chi connectivity index (χ0) is 23.1. The number of nitrogens with one attached hydrogen (secondary N) is 6. The predicted octanol–water partition coefficient (Wildman–Crippen LogP) is -7.01. The molecule has 6 amide bonds. The SMILES string of the molecule is CNC(=O)CNC(=O)[C@H](CO)NC(=O)CNC(=O)CNC(=O)[C@H](CO)NC(=O)CN. The molecule has 0 aliphatic rings. The van der Waals surface area contributed by atoms with E-state index in [-0.39, 0.29) is 6.54 Å². The molecule has 0 aromatic rings. The number of aliphatic hydroxyl groups excluding tert-OH is 2. The first-order valence-electron chi connectivity index (χ1n) is 8.71. The van der Waals surface area contributed by atoms with Gasteiger partial charge in [-0.25, -0.2) is 0 Å². The summed E-state index contributed by atoms with van der Waals surface area (Å²) in [6.07, 6.45) is 0. The fourth-order valence-corrected chi connectivity index (χ4v) is 1.80. The first kappa shape index (κ1) is 26.7. The summed E-state index contributed by atoms with van der Waals surface area (Å²) in [4.78, 5) is 69.2. The zero-order valence-electron chi connectivity index (χ0n) is 16.3. The Labute approximate surface area is 171 Å². The smallest absolute Gasteiger partial charge is 0.245 e. The van der Waals surface area contributed by atoms with Gasteiger partial charge in [0.05, 0.1) is 39.4 Å². The minimum atomic E-state index is -1.34. The van der Waals surface area contributed by atoms with Crippen molar-refractivity contribution >= 4 is 35.4 Å². The number of aliphatic hydroxyl groups is 2. The quantitative estimate of drug-likeness (QED) is 0.134. The summed E-state index contributed by atoms with van der Waals surface area (Å²) in [6, 6.07) is -2.63. The largest absolute Gasteiger partial charge is 0.394 e. The number of carbonyl (C=O) groups is 6. The molecule has 0 saturated heterocycles. The van der Waals surface area contributed by atoms with Crippen molar-refractivity contribution in [3.8, 4) is 0 Å². The van der Waals surface area contributed by atoms with E-state index in [0.29, 0.717) is 0 Å². The highest BCUT2D eigenvalue weighted by Gasteiger charge is 2.21. The lowest BCUT2D eigenvalue weighted by Gasteiger charge is -2.17. The Kier molecular flexibility index (Phi) is 13.1. The molecule has 10 N–H and O–H groups in total. The van der Waals surface area contributed by atoms with Crippen LogP contribution in [0.2, 0.25) is 0 Å². The third-order valence-corrected chi connectivity index (χ3v) is 3.43. The van der Waals surface area contributed by atoms with Crippen molar-refractivity contribution in [2.45, 2.75) is 12.1 Å². The molecule has 0 spiro atoms. The molecular weight excluding hydrogens is 406 g/mol. The minimum Gasteiger partial charge on any atom is -0.394 e. The van der Waals surface area contributed by atoms with Crippen molar-refractivity contribution in [1.82, 2.24) is 31.9 Å². The highest BCUT2D eigenvalue weighted by Crippen LogP contribution is 1.85. The van der Waals surface area contributed by atoms with Crippen LogP contribution in [0.15, 0.2) is 0 Å². The Morgan fingerprint density at radius 1 is 0.700 bits per heavy atom. The van der Waals surface area contributed by atoms with Crippen LogP contribution in [0, 0.1) is 0 Å². The molecule has 0 aliphatic carbocycles. The molecule has 0 aromatic heterocycles. The van der Waals surface area contributed by atoms with Crippen molar-refractivity contribution in [2.24, 2.45) is 5.73 Å². The van der Waals surface area contributed by atoms with Gasteiger partial charge < -0.3 is 47.8 Å². The summed E-state index contributed by atoms with van der Waals surface area (Å²) < 4.78 is 0. The first-order valence-corrected chi connectivity index (χ1v) is 8.71. The van der Waals surface area contributed by atoms with Gasteiger partial charge in [-0.05, 0) is 0 Å². The van der Waals surface area contributed by atoms with Crippen molar-refractivity contribution in [3.63, 3.8) is 0 Å². The Morgan fingerprint density at radius 2 is 1.13 bits per heavy atom. The third-order valence-electron chi connectivity index (χ3n) is 3.43. The fourth-order valence-electron chi connectivity index (χ4n) is 1.80. The number of likely N-dealkylation sites (N-methyl/N-ethyl adjacent to an activating group) is 1. The Morgan fingerprint density at radius 3 is 1.57 bits per heavy atom. The maximum absolute atomic E-state index is 11.8. The second kappa shape index (κ2) is 14.7. The van der Waals surface area contributed by atoms with Crippen LogP contribution >= 0.6 is 0 Å². The standard InChI is InChI=1S/C15H27N7O8/c1-17-11(26)3-19-15(30)9(7-24)22-13(28)5-18-12(27)4-20-14(29)8(6-23)21-10(25)2-16/h8-9,23-24H,2-7,16H2,1H3,(H,17,26)(H,18,27)(H,19,30)(H,20,29)(H,21,25)(H,22,28)/t8-,9-/m0/s1. The predicted molar refractivity (Wildman–Crippen MR) is 100 cm³/mol. The lowest BCUT2D eigenvalue weighted by atomic mass is 10.2. The van der Waals surface area contributed by atoms with Crippen LogP contribution in [0.25, 0.3) is 0 Å². The normalized spacial score (nSPS) is 12.0. The average Bonchev–Trinajstić information content (AvgIpc) is 2.75. The molecule has 0 bridgehead atoms. The van der Waals surface area contributed by atoms with Crippen LogP contribution in [0.5, 0.6) is 0 Å². The molecule has 15 heteroatoms. The number of carbonyl (C=O) groups excluding carboxylic acids is 6. The van der Waals surface area contributed by atoms with Crippen LogP contribution in [0.1, 0.15) is 0 Å². The number of nitrogens with two attached hydrogens (primary N) is 1. The number of hydrogen-bond acceptors (Lipinski definition) is 9. The van der Waals surface area contributed by atoms with E-state index in [0.717, 1.165) is 0 Å². The van der Waals surface area contributed by atoms with Gasteiger partial charge in [0.2, 0.25) is 35.4 Å². The van der Waals surface area contributed by atoms with E-state index in [1.54, 1.807) is 0 Å². The van der Waals surface area contributed by atoms with Gasteiger partial charge in [-0.2, -0.15) is 0 Å². The average molecular weight is 433 g/mol. The zero-order valence-corrected chi connectivity index (χ0v) is 16.3. The van der Waals surface area contributed by atoms with Gasteiger partial charge in [-0.15, -0.1) is 0 Å². The first-order chi connectivity index (χ1) is 14.2. The molecular formula is C15H27N7O8. The molecule has 0 fully saturated rings. The van der Waals surface area contributed by atoms with Crippen LogP contribution < -0.4 is 37.6 Å². The van der Waals surface area contributed by atoms with E-state index in [1.165, 1.54) is 7.05 Å². The number of amides is 6. The van der Waals surface area contributed by atoms with Crippen LogP contribution in [-0.2, 0) is 28.8 Å². The molecule has 2 atom stereocenters. The Bertz CT molecular complexity index is 642. The number of rotatable bonds is 13. The second-order valence-corrected chi connectivity index (χ2v) is 5.69. The summed E-state index contributed by atoms with van der Waals surface area (Å²) >= 11 is 0. The van der Waals surface area contributed by atoms with Crippen molar-refractivity contribution in [1.29, 1.82) is 0 Å². The van der Waals surface area contributed by atoms with Crippen LogP contribution in [0.4, 0.5) is 0 Å². The van der Waals surface area contributed by atoms with Crippen molar-refractivity contribution in [2.75, 3.05) is 46.4 Å². The highest BCUT2D eigenvalue weighted by atomic mass is 16.3. The van der Waals surface area contributed by atoms with Gasteiger partial charge in [-0.1, -0.05) is 0 Å². The van der Waals surface area contributed by atoms with E-state index in [9.17, 15) is 33.9 Å². The van der Waals surface area contributed by atoms with Gasteiger partial charge in [0.1, 0.15) is 12.1 Å². The molecule has 0 heterocycles. The lowest BCUT2D eigenvalue weighted by Crippen LogP contribution is -2.53. The van der Waals surface area contributed by atoms with Gasteiger partial charge >= 0.3 is 0 Å². The second-order valence-electron chi connectivity index (χ2n) is 5.69. The molecule has 30 heavy (non-hydrogen) atoms. The Balaban J connectivity index is 4.34. The number of hydrogen-bond donors (Lipinski definition) is 9. The molecule has 0 aromatic carbocycles. The van der Waals surface area contributed by atoms with Gasteiger partial charge in [0.15, 0.2) is 0 Å². The molecule has 0 rings (SSSR count). The summed E-state index contributed by atoms with van der Waals surface area (Å²) in [6.45, 7) is -3.33. The summed E-state index contributed by atoms with van der Waals surface area (Å²) in [5.41, 5.74) is 5.08. The molecule has 170 valence electrons. The topological polar surface area (TPSA) is 241 Å². The summed E-state index contributed by atoms with van der Waals surface area (Å²) in [5, 5.41) is 31.3. The van der Waals surface area contributed by atoms with Crippen molar-refractivity contribution < 1.29 is 39.0 Å². The Hall–Kier alpha value is -3.30. The van der Waals surface area contributed by atoms with Crippen LogP contribution in [-0.4, -0.2) is 104 Å².